The molecule has 1 aliphatic rings. The Kier molecular flexibility index (Phi) is 7.07. The second-order valence-corrected chi connectivity index (χ2v) is 5.80. The van der Waals surface area contributed by atoms with Gasteiger partial charge in [-0.25, -0.2) is 4.98 Å². The Hall–Kier alpha value is -2.04. The van der Waals surface area contributed by atoms with Gasteiger partial charge < -0.3 is 16.0 Å². The number of nitrogens with zero attached hydrogens (tertiary/aromatic N) is 2. The van der Waals surface area contributed by atoms with Crippen LogP contribution in [0.5, 0.6) is 0 Å². The van der Waals surface area contributed by atoms with Crippen LogP contribution in [0.25, 0.3) is 0 Å². The minimum atomic E-state index is 0.0758. The minimum Gasteiger partial charge on any atom is -0.383 e. The van der Waals surface area contributed by atoms with Crippen molar-refractivity contribution in [3.63, 3.8) is 0 Å². The molecule has 2 rings (SSSR count). The number of anilines is 1. The summed E-state index contributed by atoms with van der Waals surface area (Å²) in [4.78, 5) is 18.3. The van der Waals surface area contributed by atoms with Gasteiger partial charge in [-0.15, -0.1) is 0 Å². The van der Waals surface area contributed by atoms with Crippen LogP contribution in [0.2, 0.25) is 0 Å². The molecule has 1 unspecified atom stereocenters. The normalized spacial score (nSPS) is 16.5. The van der Waals surface area contributed by atoms with Crippen molar-refractivity contribution < 1.29 is 4.79 Å². The number of pyridine rings is 1. The van der Waals surface area contributed by atoms with Gasteiger partial charge in [-0.3, -0.25) is 4.79 Å². The summed E-state index contributed by atoms with van der Waals surface area (Å²) in [5.74, 6) is 0.896. The number of nitrogen functional groups attached to an aromatic ring is 1. The van der Waals surface area contributed by atoms with E-state index in [4.69, 9.17) is 5.73 Å². The third-order valence-electron chi connectivity index (χ3n) is 4.04. The van der Waals surface area contributed by atoms with Crippen LogP contribution in [0, 0.1) is 5.92 Å². The number of amides is 1. The molecule has 1 aliphatic heterocycles. The van der Waals surface area contributed by atoms with E-state index in [1.165, 1.54) is 0 Å². The zero-order valence-electron chi connectivity index (χ0n) is 15.2. The Bertz CT molecular complexity index is 566. The number of hydrogen-bond donors (Lipinski definition) is 2. The van der Waals surface area contributed by atoms with E-state index in [-0.39, 0.29) is 17.9 Å². The number of rotatable bonds is 3. The van der Waals surface area contributed by atoms with Gasteiger partial charge in [-0.2, -0.15) is 0 Å². The van der Waals surface area contributed by atoms with Crippen molar-refractivity contribution >= 4 is 11.7 Å². The first-order valence-corrected chi connectivity index (χ1v) is 8.39. The van der Waals surface area contributed by atoms with Gasteiger partial charge in [0.1, 0.15) is 5.82 Å². The van der Waals surface area contributed by atoms with E-state index in [1.54, 1.807) is 6.20 Å². The highest BCUT2D eigenvalue weighted by atomic mass is 16.1. The number of aromatic nitrogens is 1. The maximum absolute atomic E-state index is 11.9. The molecule has 1 amide bonds. The number of allylic oxidation sites excluding steroid dienone is 2. The van der Waals surface area contributed by atoms with Crippen molar-refractivity contribution in [2.75, 3.05) is 12.3 Å². The Morgan fingerprint density at radius 3 is 2.52 bits per heavy atom. The summed E-state index contributed by atoms with van der Waals surface area (Å²) >= 11 is 0. The van der Waals surface area contributed by atoms with Crippen LogP contribution in [0.3, 0.4) is 0 Å². The molecule has 0 saturated carbocycles. The lowest BCUT2D eigenvalue weighted by Crippen LogP contribution is -2.28. The second-order valence-electron chi connectivity index (χ2n) is 5.80. The van der Waals surface area contributed by atoms with Crippen molar-refractivity contribution in [1.29, 1.82) is 0 Å². The fourth-order valence-corrected chi connectivity index (χ4v) is 2.84. The van der Waals surface area contributed by atoms with Crippen molar-refractivity contribution in [3.05, 3.63) is 35.3 Å². The Balaban J connectivity index is 0.00000127. The van der Waals surface area contributed by atoms with Crippen molar-refractivity contribution in [3.8, 4) is 0 Å². The van der Waals surface area contributed by atoms with E-state index < -0.39 is 0 Å². The van der Waals surface area contributed by atoms with Crippen LogP contribution in [0.4, 0.5) is 5.82 Å². The van der Waals surface area contributed by atoms with Gasteiger partial charge in [-0.1, -0.05) is 33.8 Å². The molecule has 2 heterocycles. The number of carbonyl (C=O) groups is 1. The average molecular weight is 318 g/mol. The molecule has 128 valence electrons. The maximum Gasteiger partial charge on any atom is 0.225 e. The fraction of sp³-hybridized carbons (Fsp3) is 0.556. The van der Waals surface area contributed by atoms with Crippen LogP contribution in [0.1, 0.15) is 59.6 Å². The lowest BCUT2D eigenvalue weighted by atomic mass is 10.0. The monoisotopic (exact) mass is 318 g/mol. The van der Waals surface area contributed by atoms with Crippen LogP contribution in [0.15, 0.2) is 29.7 Å². The maximum atomic E-state index is 11.9. The standard InChI is InChI=1S/C16H24N4O.C2H6/c1-10(2)15-12(4)20(9-7-14(21)19-15)11(3)13-6-5-8-18-16(13)17;1-2/h5-6,8,10-11H,7,9H2,1-4H3,(H2,17,18)(H,19,21);1-2H3. The average Bonchev–Trinajstić information content (AvgIpc) is 2.68. The van der Waals surface area contributed by atoms with Gasteiger partial charge in [0.05, 0.1) is 6.04 Å². The molecule has 1 aromatic rings. The van der Waals surface area contributed by atoms with Crippen LogP contribution in [-0.2, 0) is 4.79 Å². The first kappa shape index (κ1) is 19.0. The van der Waals surface area contributed by atoms with Crippen LogP contribution < -0.4 is 11.1 Å². The quantitative estimate of drug-likeness (QED) is 0.895. The molecule has 0 fully saturated rings. The molecule has 0 aliphatic carbocycles. The molecular formula is C18H30N4O. The minimum absolute atomic E-state index is 0.0758. The molecule has 0 saturated heterocycles. The number of nitrogens with one attached hydrogen (secondary N) is 1. The van der Waals surface area contributed by atoms with E-state index in [0.29, 0.717) is 18.8 Å². The highest BCUT2D eigenvalue weighted by Gasteiger charge is 2.25. The molecule has 23 heavy (non-hydrogen) atoms. The van der Waals surface area contributed by atoms with Gasteiger partial charge in [0, 0.05) is 36.1 Å². The highest BCUT2D eigenvalue weighted by Crippen LogP contribution is 2.30. The molecule has 5 heteroatoms. The Morgan fingerprint density at radius 1 is 1.30 bits per heavy atom. The summed E-state index contributed by atoms with van der Waals surface area (Å²) in [6, 6.07) is 3.97. The predicted octanol–water partition coefficient (Wildman–Crippen LogP) is 3.46. The third kappa shape index (κ3) is 4.47. The van der Waals surface area contributed by atoms with Gasteiger partial charge in [0.25, 0.3) is 0 Å². The summed E-state index contributed by atoms with van der Waals surface area (Å²) in [5.41, 5.74) is 9.09. The molecule has 5 nitrogen and oxygen atoms in total. The largest absolute Gasteiger partial charge is 0.383 e. The number of carbonyl (C=O) groups excluding carboxylic acids is 1. The van der Waals surface area contributed by atoms with Gasteiger partial charge in [0.2, 0.25) is 5.91 Å². The number of nitrogens with two attached hydrogens (primary N) is 1. The molecular weight excluding hydrogens is 288 g/mol. The molecule has 3 N–H and O–H groups in total. The lowest BCUT2D eigenvalue weighted by Gasteiger charge is -2.32. The van der Waals surface area contributed by atoms with E-state index in [2.05, 4.69) is 42.9 Å². The Morgan fingerprint density at radius 2 is 1.96 bits per heavy atom. The SMILES string of the molecule is CC.CC1=C(C(C)C)NC(=O)CCN1C(C)c1cccnc1N. The van der Waals surface area contributed by atoms with E-state index in [0.717, 1.165) is 17.0 Å². The van der Waals surface area contributed by atoms with Crippen LogP contribution in [-0.4, -0.2) is 22.3 Å². The summed E-state index contributed by atoms with van der Waals surface area (Å²) in [6.07, 6.45) is 2.18. The van der Waals surface area contributed by atoms with Crippen molar-refractivity contribution in [1.82, 2.24) is 15.2 Å². The summed E-state index contributed by atoms with van der Waals surface area (Å²) in [7, 11) is 0. The smallest absolute Gasteiger partial charge is 0.225 e. The number of hydrogen-bond acceptors (Lipinski definition) is 4. The fourth-order valence-electron chi connectivity index (χ4n) is 2.84. The van der Waals surface area contributed by atoms with Crippen molar-refractivity contribution in [2.45, 2.75) is 54.0 Å². The van der Waals surface area contributed by atoms with E-state index in [1.807, 2.05) is 26.0 Å². The molecule has 0 bridgehead atoms. The van der Waals surface area contributed by atoms with Crippen molar-refractivity contribution in [2.24, 2.45) is 5.92 Å². The summed E-state index contributed by atoms with van der Waals surface area (Å²) < 4.78 is 0. The highest BCUT2D eigenvalue weighted by molar-refractivity contribution is 5.78. The first-order valence-electron chi connectivity index (χ1n) is 8.39. The Labute approximate surface area is 140 Å². The zero-order chi connectivity index (χ0) is 17.6. The van der Waals surface area contributed by atoms with E-state index in [9.17, 15) is 4.79 Å². The zero-order valence-corrected chi connectivity index (χ0v) is 15.2. The topological polar surface area (TPSA) is 71.2 Å². The van der Waals surface area contributed by atoms with Gasteiger partial charge in [0.15, 0.2) is 0 Å². The summed E-state index contributed by atoms with van der Waals surface area (Å²) in [6.45, 7) is 13.0. The third-order valence-corrected chi connectivity index (χ3v) is 4.04. The molecule has 1 atom stereocenters. The molecule has 0 spiro atoms. The first-order chi connectivity index (χ1) is 10.9. The lowest BCUT2D eigenvalue weighted by molar-refractivity contribution is -0.120. The predicted molar refractivity (Wildman–Crippen MR) is 95.4 cm³/mol. The molecule has 1 aromatic heterocycles. The summed E-state index contributed by atoms with van der Waals surface area (Å²) in [5, 5.41) is 3.03. The van der Waals surface area contributed by atoms with Gasteiger partial charge >= 0.3 is 0 Å². The second kappa shape index (κ2) is 8.56. The molecule has 0 radical (unpaired) electrons. The van der Waals surface area contributed by atoms with E-state index >= 15 is 0 Å². The molecule has 0 aromatic carbocycles. The van der Waals surface area contributed by atoms with Gasteiger partial charge in [-0.05, 0) is 25.8 Å². The van der Waals surface area contributed by atoms with Crippen LogP contribution >= 0.6 is 0 Å².